The number of likely N-dealkylation sites (tertiary alicyclic amines) is 1. The standard InChI is InChI=1S/C14H22N4O2/c1-14(3-5-18(2)6-4-14)9-15-8-12-11(13(19)20)7-16-10-17-12/h7,10,15H,3-6,8-9H2,1-2H3,(H,19,20). The van der Waals surface area contributed by atoms with Crippen molar-refractivity contribution in [2.45, 2.75) is 26.3 Å². The van der Waals surface area contributed by atoms with E-state index in [-0.39, 0.29) is 11.0 Å². The zero-order valence-corrected chi connectivity index (χ0v) is 12.1. The van der Waals surface area contributed by atoms with Gasteiger partial charge in [0.1, 0.15) is 11.9 Å². The van der Waals surface area contributed by atoms with E-state index in [9.17, 15) is 4.79 Å². The Morgan fingerprint density at radius 3 is 2.85 bits per heavy atom. The Kier molecular flexibility index (Phi) is 4.67. The fourth-order valence-electron chi connectivity index (χ4n) is 2.49. The van der Waals surface area contributed by atoms with Gasteiger partial charge in [0, 0.05) is 19.3 Å². The van der Waals surface area contributed by atoms with Crippen molar-refractivity contribution in [1.82, 2.24) is 20.2 Å². The number of nitrogens with one attached hydrogen (secondary N) is 1. The average Bonchev–Trinajstić information content (AvgIpc) is 2.43. The second-order valence-corrected chi connectivity index (χ2v) is 5.91. The van der Waals surface area contributed by atoms with E-state index >= 15 is 0 Å². The van der Waals surface area contributed by atoms with Crippen molar-refractivity contribution in [1.29, 1.82) is 0 Å². The van der Waals surface area contributed by atoms with Crippen molar-refractivity contribution in [2.24, 2.45) is 5.41 Å². The number of rotatable bonds is 5. The largest absolute Gasteiger partial charge is 0.478 e. The summed E-state index contributed by atoms with van der Waals surface area (Å²) in [6.45, 7) is 5.86. The van der Waals surface area contributed by atoms with Crippen molar-refractivity contribution in [3.8, 4) is 0 Å². The lowest BCUT2D eigenvalue weighted by Gasteiger charge is -2.38. The van der Waals surface area contributed by atoms with Gasteiger partial charge in [0.25, 0.3) is 0 Å². The lowest BCUT2D eigenvalue weighted by Crippen LogP contribution is -2.42. The zero-order valence-electron chi connectivity index (χ0n) is 12.1. The van der Waals surface area contributed by atoms with Crippen LogP contribution in [0.2, 0.25) is 0 Å². The van der Waals surface area contributed by atoms with Gasteiger partial charge in [0.2, 0.25) is 0 Å². The van der Waals surface area contributed by atoms with Gasteiger partial charge in [-0.1, -0.05) is 6.92 Å². The summed E-state index contributed by atoms with van der Waals surface area (Å²) in [7, 11) is 2.15. The van der Waals surface area contributed by atoms with Gasteiger partial charge in [-0.25, -0.2) is 14.8 Å². The fraction of sp³-hybridized carbons (Fsp3) is 0.643. The normalized spacial score (nSPS) is 18.9. The molecular formula is C14H22N4O2. The molecule has 1 aliphatic rings. The predicted molar refractivity (Wildman–Crippen MR) is 75.5 cm³/mol. The summed E-state index contributed by atoms with van der Waals surface area (Å²) < 4.78 is 0. The minimum atomic E-state index is -0.979. The molecule has 1 saturated heterocycles. The quantitative estimate of drug-likeness (QED) is 0.836. The van der Waals surface area contributed by atoms with Crippen LogP contribution < -0.4 is 5.32 Å². The Morgan fingerprint density at radius 2 is 2.20 bits per heavy atom. The molecule has 1 aromatic heterocycles. The Morgan fingerprint density at radius 1 is 1.50 bits per heavy atom. The van der Waals surface area contributed by atoms with E-state index in [4.69, 9.17) is 5.11 Å². The zero-order chi connectivity index (χ0) is 14.6. The molecule has 1 fully saturated rings. The molecule has 0 spiro atoms. The van der Waals surface area contributed by atoms with E-state index < -0.39 is 5.97 Å². The van der Waals surface area contributed by atoms with Gasteiger partial charge < -0.3 is 15.3 Å². The van der Waals surface area contributed by atoms with Crippen LogP contribution in [0.3, 0.4) is 0 Å². The Labute approximate surface area is 119 Å². The van der Waals surface area contributed by atoms with Crippen LogP contribution in [0.1, 0.15) is 35.8 Å². The first kappa shape index (κ1) is 14.9. The first-order valence-electron chi connectivity index (χ1n) is 6.92. The summed E-state index contributed by atoms with van der Waals surface area (Å²) in [6.07, 6.45) is 5.06. The molecule has 0 atom stereocenters. The molecule has 20 heavy (non-hydrogen) atoms. The molecule has 2 rings (SSSR count). The highest BCUT2D eigenvalue weighted by Crippen LogP contribution is 2.29. The van der Waals surface area contributed by atoms with Crippen LogP contribution in [0.25, 0.3) is 0 Å². The van der Waals surface area contributed by atoms with Gasteiger partial charge >= 0.3 is 5.97 Å². The van der Waals surface area contributed by atoms with Crippen LogP contribution in [-0.2, 0) is 6.54 Å². The van der Waals surface area contributed by atoms with E-state index in [0.717, 1.165) is 32.5 Å². The molecule has 0 aliphatic carbocycles. The van der Waals surface area contributed by atoms with E-state index in [1.807, 2.05) is 0 Å². The summed E-state index contributed by atoms with van der Waals surface area (Å²) in [5, 5.41) is 12.4. The van der Waals surface area contributed by atoms with Crippen molar-refractivity contribution >= 4 is 5.97 Å². The number of aromatic nitrogens is 2. The molecule has 2 N–H and O–H groups in total. The SMILES string of the molecule is CN1CCC(C)(CNCc2ncncc2C(=O)O)CC1. The number of piperidine rings is 1. The van der Waals surface area contributed by atoms with Crippen molar-refractivity contribution < 1.29 is 9.90 Å². The minimum Gasteiger partial charge on any atom is -0.478 e. The molecular weight excluding hydrogens is 256 g/mol. The number of nitrogens with zero attached hydrogens (tertiary/aromatic N) is 3. The molecule has 0 radical (unpaired) electrons. The highest BCUT2D eigenvalue weighted by Gasteiger charge is 2.28. The molecule has 2 heterocycles. The van der Waals surface area contributed by atoms with Gasteiger partial charge in [0.15, 0.2) is 0 Å². The molecule has 0 aromatic carbocycles. The van der Waals surface area contributed by atoms with Crippen LogP contribution in [0.4, 0.5) is 0 Å². The molecule has 1 aliphatic heterocycles. The Hall–Kier alpha value is -1.53. The maximum Gasteiger partial charge on any atom is 0.339 e. The topological polar surface area (TPSA) is 78.3 Å². The van der Waals surface area contributed by atoms with Crippen molar-refractivity contribution in [2.75, 3.05) is 26.7 Å². The Balaban J connectivity index is 1.88. The van der Waals surface area contributed by atoms with E-state index in [2.05, 4.69) is 34.2 Å². The first-order chi connectivity index (χ1) is 9.50. The molecule has 0 bridgehead atoms. The van der Waals surface area contributed by atoms with Crippen LogP contribution in [0, 0.1) is 5.41 Å². The molecule has 0 amide bonds. The van der Waals surface area contributed by atoms with E-state index in [1.165, 1.54) is 12.5 Å². The summed E-state index contributed by atoms with van der Waals surface area (Å²) in [5.74, 6) is -0.979. The van der Waals surface area contributed by atoms with Gasteiger partial charge in [-0.2, -0.15) is 0 Å². The lowest BCUT2D eigenvalue weighted by atomic mass is 9.80. The number of carbonyl (C=O) groups is 1. The van der Waals surface area contributed by atoms with Crippen LogP contribution in [0.5, 0.6) is 0 Å². The third-order valence-electron chi connectivity index (χ3n) is 4.06. The monoisotopic (exact) mass is 278 g/mol. The third kappa shape index (κ3) is 3.74. The maximum absolute atomic E-state index is 11.1. The number of carboxylic acids is 1. The number of carboxylic acid groups (broad SMARTS) is 1. The highest BCUT2D eigenvalue weighted by molar-refractivity contribution is 5.88. The summed E-state index contributed by atoms with van der Waals surface area (Å²) in [4.78, 5) is 21.2. The highest BCUT2D eigenvalue weighted by atomic mass is 16.4. The van der Waals surface area contributed by atoms with Gasteiger partial charge in [-0.15, -0.1) is 0 Å². The Bertz CT molecular complexity index is 470. The molecule has 1 aromatic rings. The summed E-state index contributed by atoms with van der Waals surface area (Å²) in [6, 6.07) is 0. The van der Waals surface area contributed by atoms with Crippen LogP contribution >= 0.6 is 0 Å². The minimum absolute atomic E-state index is 0.175. The number of hydrogen-bond donors (Lipinski definition) is 2. The second-order valence-electron chi connectivity index (χ2n) is 5.91. The number of hydrogen-bond acceptors (Lipinski definition) is 5. The first-order valence-corrected chi connectivity index (χ1v) is 6.92. The van der Waals surface area contributed by atoms with E-state index in [1.54, 1.807) is 0 Å². The van der Waals surface area contributed by atoms with Crippen LogP contribution in [0.15, 0.2) is 12.5 Å². The van der Waals surface area contributed by atoms with Crippen molar-refractivity contribution in [3.05, 3.63) is 23.8 Å². The van der Waals surface area contributed by atoms with Gasteiger partial charge in [-0.05, 0) is 38.4 Å². The maximum atomic E-state index is 11.1. The molecule has 0 saturated carbocycles. The van der Waals surface area contributed by atoms with Gasteiger partial charge in [0.05, 0.1) is 5.69 Å². The number of aromatic carboxylic acids is 1. The smallest absolute Gasteiger partial charge is 0.339 e. The van der Waals surface area contributed by atoms with E-state index in [0.29, 0.717) is 12.2 Å². The average molecular weight is 278 g/mol. The third-order valence-corrected chi connectivity index (χ3v) is 4.06. The fourth-order valence-corrected chi connectivity index (χ4v) is 2.49. The van der Waals surface area contributed by atoms with Crippen LogP contribution in [-0.4, -0.2) is 52.6 Å². The summed E-state index contributed by atoms with van der Waals surface area (Å²) >= 11 is 0. The van der Waals surface area contributed by atoms with Gasteiger partial charge in [-0.3, -0.25) is 0 Å². The molecule has 0 unspecified atom stereocenters. The molecule has 6 heteroatoms. The predicted octanol–water partition coefficient (Wildman–Crippen LogP) is 0.996. The summed E-state index contributed by atoms with van der Waals surface area (Å²) in [5.41, 5.74) is 1.00. The lowest BCUT2D eigenvalue weighted by molar-refractivity contribution is 0.0694. The molecule has 6 nitrogen and oxygen atoms in total. The van der Waals surface area contributed by atoms with Crippen molar-refractivity contribution in [3.63, 3.8) is 0 Å². The molecule has 110 valence electrons. The second kappa shape index (κ2) is 6.28.